The highest BCUT2D eigenvalue weighted by Gasteiger charge is 2.40. The SMILES string of the molecule is COc1ccc(NC(=S)NC2C[C@@H]3CC[C@@H](C2)N3Cc2ccc(F)cc2)cc1. The third-order valence-electron chi connectivity index (χ3n) is 5.85. The van der Waals surface area contributed by atoms with E-state index in [0.29, 0.717) is 23.2 Å². The number of rotatable bonds is 5. The van der Waals surface area contributed by atoms with Crippen LogP contribution < -0.4 is 15.4 Å². The van der Waals surface area contributed by atoms with E-state index in [2.05, 4.69) is 15.5 Å². The van der Waals surface area contributed by atoms with Crippen LogP contribution in [-0.2, 0) is 6.54 Å². The van der Waals surface area contributed by atoms with Crippen LogP contribution in [0.1, 0.15) is 31.2 Å². The van der Waals surface area contributed by atoms with Gasteiger partial charge in [-0.05, 0) is 79.9 Å². The standard InChI is InChI=1S/C22H26FN3OS/c1-27-21-10-6-17(7-11-21)24-22(28)25-18-12-19-8-9-20(13-18)26(19)14-15-2-4-16(23)5-3-15/h2-7,10-11,18-20H,8-9,12-14H2,1H3,(H2,24,25,28)/t19-,20-/m0/s1. The minimum absolute atomic E-state index is 0.174. The summed E-state index contributed by atoms with van der Waals surface area (Å²) in [5, 5.41) is 7.43. The molecule has 2 aromatic rings. The lowest BCUT2D eigenvalue weighted by atomic mass is 9.96. The van der Waals surface area contributed by atoms with E-state index in [1.54, 1.807) is 19.2 Å². The van der Waals surface area contributed by atoms with Gasteiger partial charge in [0.05, 0.1) is 7.11 Å². The third-order valence-corrected chi connectivity index (χ3v) is 6.07. The number of hydrogen-bond donors (Lipinski definition) is 2. The fraction of sp³-hybridized carbons (Fsp3) is 0.409. The Morgan fingerprint density at radius 3 is 2.32 bits per heavy atom. The van der Waals surface area contributed by atoms with Gasteiger partial charge in [0.2, 0.25) is 0 Å². The number of piperidine rings is 1. The number of anilines is 1. The molecule has 0 saturated carbocycles. The summed E-state index contributed by atoms with van der Waals surface area (Å²) in [4.78, 5) is 2.59. The average molecular weight is 400 g/mol. The van der Waals surface area contributed by atoms with Crippen molar-refractivity contribution in [1.29, 1.82) is 0 Å². The first-order valence-corrected chi connectivity index (χ1v) is 10.2. The van der Waals surface area contributed by atoms with Gasteiger partial charge in [0.15, 0.2) is 5.11 Å². The van der Waals surface area contributed by atoms with Crippen LogP contribution in [0, 0.1) is 5.82 Å². The van der Waals surface area contributed by atoms with Crippen molar-refractivity contribution in [1.82, 2.24) is 10.2 Å². The van der Waals surface area contributed by atoms with Crippen molar-refractivity contribution in [3.05, 3.63) is 59.9 Å². The van der Waals surface area contributed by atoms with Crippen molar-refractivity contribution in [3.63, 3.8) is 0 Å². The number of hydrogen-bond acceptors (Lipinski definition) is 3. The molecule has 2 atom stereocenters. The number of halogens is 1. The molecule has 0 unspecified atom stereocenters. The number of methoxy groups -OCH3 is 1. The second-order valence-corrected chi connectivity index (χ2v) is 8.09. The summed E-state index contributed by atoms with van der Waals surface area (Å²) < 4.78 is 18.3. The first-order valence-electron chi connectivity index (χ1n) is 9.82. The summed E-state index contributed by atoms with van der Waals surface area (Å²) in [5.74, 6) is 0.655. The Labute approximate surface area is 171 Å². The zero-order chi connectivity index (χ0) is 19.5. The van der Waals surface area contributed by atoms with E-state index in [1.165, 1.54) is 18.4 Å². The number of ether oxygens (including phenoxy) is 1. The summed E-state index contributed by atoms with van der Waals surface area (Å²) in [6.45, 7) is 0.900. The van der Waals surface area contributed by atoms with Crippen molar-refractivity contribution >= 4 is 23.0 Å². The summed E-state index contributed by atoms with van der Waals surface area (Å²) in [5.41, 5.74) is 2.14. The first-order chi connectivity index (χ1) is 13.6. The molecule has 4 rings (SSSR count). The van der Waals surface area contributed by atoms with Gasteiger partial charge in [-0.1, -0.05) is 12.1 Å². The number of nitrogens with zero attached hydrogens (tertiary/aromatic N) is 1. The molecule has 2 bridgehead atoms. The minimum Gasteiger partial charge on any atom is -0.497 e. The van der Waals surface area contributed by atoms with Crippen LogP contribution in [0.3, 0.4) is 0 Å². The Bertz CT molecular complexity index is 798. The molecule has 0 aliphatic carbocycles. The van der Waals surface area contributed by atoms with E-state index in [-0.39, 0.29) is 5.82 Å². The van der Waals surface area contributed by atoms with E-state index in [0.717, 1.165) is 30.8 Å². The number of fused-ring (bicyclic) bond motifs is 2. The quantitative estimate of drug-likeness (QED) is 0.733. The Morgan fingerprint density at radius 1 is 1.07 bits per heavy atom. The second-order valence-electron chi connectivity index (χ2n) is 7.68. The van der Waals surface area contributed by atoms with Crippen molar-refractivity contribution < 1.29 is 9.13 Å². The van der Waals surface area contributed by atoms with Gasteiger partial charge >= 0.3 is 0 Å². The van der Waals surface area contributed by atoms with Gasteiger partial charge in [-0.15, -0.1) is 0 Å². The maximum Gasteiger partial charge on any atom is 0.170 e. The molecule has 2 aromatic carbocycles. The number of thiocarbonyl (C=S) groups is 1. The summed E-state index contributed by atoms with van der Waals surface area (Å²) in [6.07, 6.45) is 4.62. The topological polar surface area (TPSA) is 36.5 Å². The highest BCUT2D eigenvalue weighted by molar-refractivity contribution is 7.80. The van der Waals surface area contributed by atoms with Gasteiger partial charge < -0.3 is 15.4 Å². The van der Waals surface area contributed by atoms with Crippen LogP contribution >= 0.6 is 12.2 Å². The Hall–Kier alpha value is -2.18. The molecule has 0 aromatic heterocycles. The van der Waals surface area contributed by atoms with Gasteiger partial charge in [0.1, 0.15) is 11.6 Å². The zero-order valence-electron chi connectivity index (χ0n) is 16.0. The van der Waals surface area contributed by atoms with E-state index < -0.39 is 0 Å². The van der Waals surface area contributed by atoms with Crippen LogP contribution in [0.25, 0.3) is 0 Å². The average Bonchev–Trinajstić information content (AvgIpc) is 2.92. The molecule has 2 fully saturated rings. The van der Waals surface area contributed by atoms with Gasteiger partial charge in [-0.25, -0.2) is 4.39 Å². The van der Waals surface area contributed by atoms with Crippen molar-refractivity contribution in [2.24, 2.45) is 0 Å². The predicted molar refractivity (Wildman–Crippen MR) is 114 cm³/mol. The third kappa shape index (κ3) is 4.45. The van der Waals surface area contributed by atoms with Crippen LogP contribution in [0.2, 0.25) is 0 Å². The van der Waals surface area contributed by atoms with Gasteiger partial charge in [0.25, 0.3) is 0 Å². The predicted octanol–water partition coefficient (Wildman–Crippen LogP) is 4.32. The van der Waals surface area contributed by atoms with Crippen molar-refractivity contribution in [2.75, 3.05) is 12.4 Å². The minimum atomic E-state index is -0.174. The zero-order valence-corrected chi connectivity index (χ0v) is 16.8. The van der Waals surface area contributed by atoms with E-state index in [9.17, 15) is 4.39 Å². The summed E-state index contributed by atoms with van der Waals surface area (Å²) in [6, 6.07) is 16.2. The van der Waals surface area contributed by atoms with Gasteiger partial charge in [-0.2, -0.15) is 0 Å². The molecular weight excluding hydrogens is 373 g/mol. The monoisotopic (exact) mass is 399 g/mol. The van der Waals surface area contributed by atoms with Crippen LogP contribution in [0.15, 0.2) is 48.5 Å². The molecule has 2 heterocycles. The Balaban J connectivity index is 1.31. The second kappa shape index (κ2) is 8.45. The van der Waals surface area contributed by atoms with E-state index in [4.69, 9.17) is 17.0 Å². The fourth-order valence-corrected chi connectivity index (χ4v) is 4.76. The highest BCUT2D eigenvalue weighted by atomic mass is 32.1. The molecule has 2 saturated heterocycles. The first kappa shape index (κ1) is 19.2. The number of nitrogens with one attached hydrogen (secondary N) is 2. The summed E-state index contributed by atoms with van der Waals surface area (Å²) >= 11 is 5.52. The molecule has 0 radical (unpaired) electrons. The lowest BCUT2D eigenvalue weighted by Gasteiger charge is -2.39. The Morgan fingerprint density at radius 2 is 1.71 bits per heavy atom. The Kier molecular flexibility index (Phi) is 5.78. The maximum absolute atomic E-state index is 13.2. The maximum atomic E-state index is 13.2. The smallest absolute Gasteiger partial charge is 0.170 e. The molecule has 4 nitrogen and oxygen atoms in total. The molecule has 2 aliphatic heterocycles. The molecule has 0 amide bonds. The van der Waals surface area contributed by atoms with Crippen molar-refractivity contribution in [3.8, 4) is 5.75 Å². The van der Waals surface area contributed by atoms with Gasteiger partial charge in [0, 0.05) is 30.4 Å². The van der Waals surface area contributed by atoms with Crippen molar-refractivity contribution in [2.45, 2.75) is 50.4 Å². The van der Waals surface area contributed by atoms with Crippen LogP contribution in [0.4, 0.5) is 10.1 Å². The van der Waals surface area contributed by atoms with E-state index in [1.807, 2.05) is 36.4 Å². The molecule has 0 spiro atoms. The van der Waals surface area contributed by atoms with E-state index >= 15 is 0 Å². The molecule has 6 heteroatoms. The normalized spacial score (nSPS) is 24.0. The van der Waals surface area contributed by atoms with Crippen LogP contribution in [-0.4, -0.2) is 35.2 Å². The fourth-order valence-electron chi connectivity index (χ4n) is 4.48. The largest absolute Gasteiger partial charge is 0.497 e. The highest BCUT2D eigenvalue weighted by Crippen LogP contribution is 2.37. The lowest BCUT2D eigenvalue weighted by Crippen LogP contribution is -2.50. The molecule has 148 valence electrons. The molecular formula is C22H26FN3OS. The molecule has 28 heavy (non-hydrogen) atoms. The lowest BCUT2D eigenvalue weighted by molar-refractivity contribution is 0.115. The molecule has 2 aliphatic rings. The number of benzene rings is 2. The van der Waals surface area contributed by atoms with Crippen LogP contribution in [0.5, 0.6) is 5.75 Å². The summed E-state index contributed by atoms with van der Waals surface area (Å²) in [7, 11) is 1.66. The molecule has 2 N–H and O–H groups in total. The van der Waals surface area contributed by atoms with Gasteiger partial charge in [-0.3, -0.25) is 4.90 Å².